The number of hydrogen-bond acceptors (Lipinski definition) is 3. The first-order valence-corrected chi connectivity index (χ1v) is 7.10. The van der Waals surface area contributed by atoms with Gasteiger partial charge < -0.3 is 4.74 Å². The molecule has 2 aromatic carbocycles. The van der Waals surface area contributed by atoms with Crippen LogP contribution in [0.25, 0.3) is 5.57 Å². The average Bonchev–Trinajstić information content (AvgIpc) is 2.97. The van der Waals surface area contributed by atoms with Crippen LogP contribution in [0.2, 0.25) is 5.02 Å². The Morgan fingerprint density at radius 3 is 2.18 bits per heavy atom. The van der Waals surface area contributed by atoms with E-state index < -0.39 is 11.7 Å². The maximum atomic E-state index is 9.50. The van der Waals surface area contributed by atoms with Crippen molar-refractivity contribution >= 4 is 17.2 Å². The van der Waals surface area contributed by atoms with Gasteiger partial charge in [-0.2, -0.15) is 10.5 Å². The number of rotatable bonds is 2. The summed E-state index contributed by atoms with van der Waals surface area (Å²) in [4.78, 5) is 0. The predicted octanol–water partition coefficient (Wildman–Crippen LogP) is 4.28. The Balaban J connectivity index is 2.07. The topological polar surface area (TPSA) is 56.8 Å². The molecule has 1 heterocycles. The van der Waals surface area contributed by atoms with Gasteiger partial charge in [-0.25, -0.2) is 0 Å². The van der Waals surface area contributed by atoms with E-state index in [2.05, 4.69) is 0 Å². The Kier molecular flexibility index (Phi) is 3.69. The lowest BCUT2D eigenvalue weighted by Gasteiger charge is -2.18. The molecule has 0 fully saturated rings. The highest BCUT2D eigenvalue weighted by Gasteiger charge is 2.44. The van der Waals surface area contributed by atoms with Crippen LogP contribution in [0.4, 0.5) is 0 Å². The molecule has 0 aromatic heterocycles. The van der Waals surface area contributed by atoms with Gasteiger partial charge in [0.1, 0.15) is 18.2 Å². The van der Waals surface area contributed by atoms with Crippen molar-refractivity contribution in [2.45, 2.75) is 11.7 Å². The monoisotopic (exact) mass is 306 g/mol. The zero-order chi connectivity index (χ0) is 15.6. The number of benzene rings is 2. The summed E-state index contributed by atoms with van der Waals surface area (Å²) >= 11 is 5.89. The third-order valence-electron chi connectivity index (χ3n) is 3.60. The Hall–Kier alpha value is -2.59. The highest BCUT2D eigenvalue weighted by atomic mass is 35.5. The van der Waals surface area contributed by atoms with E-state index in [4.69, 9.17) is 16.3 Å². The normalized spacial score (nSPS) is 19.0. The van der Waals surface area contributed by atoms with Gasteiger partial charge in [-0.05, 0) is 29.3 Å². The standard InChI is InChI=1S/C18H11ClN2O/c19-15-8-6-14(7-9-15)17-10-16(13-4-2-1-3-5-13)18(11-20,12-21)22-17/h1-10,17H/t17-/m0/s1. The fraction of sp³-hybridized carbons (Fsp3) is 0.111. The van der Waals surface area contributed by atoms with Crippen molar-refractivity contribution < 1.29 is 4.74 Å². The summed E-state index contributed by atoms with van der Waals surface area (Å²) in [6.45, 7) is 0. The summed E-state index contributed by atoms with van der Waals surface area (Å²) in [6.07, 6.45) is 1.37. The van der Waals surface area contributed by atoms with Crippen LogP contribution in [0.5, 0.6) is 0 Å². The second-order valence-electron chi connectivity index (χ2n) is 4.94. The van der Waals surface area contributed by atoms with Gasteiger partial charge in [0.2, 0.25) is 0 Å². The Morgan fingerprint density at radius 2 is 1.59 bits per heavy atom. The van der Waals surface area contributed by atoms with Crippen LogP contribution >= 0.6 is 11.6 Å². The highest BCUT2D eigenvalue weighted by molar-refractivity contribution is 6.30. The first-order chi connectivity index (χ1) is 10.7. The summed E-state index contributed by atoms with van der Waals surface area (Å²) in [5.41, 5.74) is 0.649. The molecule has 0 spiro atoms. The second kappa shape index (κ2) is 5.66. The third kappa shape index (κ3) is 2.38. The zero-order valence-electron chi connectivity index (χ0n) is 11.5. The van der Waals surface area contributed by atoms with E-state index in [9.17, 15) is 10.5 Å². The Morgan fingerprint density at radius 1 is 0.955 bits per heavy atom. The van der Waals surface area contributed by atoms with Gasteiger partial charge in [-0.15, -0.1) is 0 Å². The maximum Gasteiger partial charge on any atom is 0.268 e. The molecule has 0 saturated heterocycles. The molecular weight excluding hydrogens is 296 g/mol. The Labute approximate surface area is 133 Å². The quantitative estimate of drug-likeness (QED) is 0.832. The largest absolute Gasteiger partial charge is 0.332 e. The van der Waals surface area contributed by atoms with Crippen LogP contribution in [0, 0.1) is 22.7 Å². The van der Waals surface area contributed by atoms with Crippen LogP contribution in [0.15, 0.2) is 60.7 Å². The molecule has 0 unspecified atom stereocenters. The van der Waals surface area contributed by atoms with Gasteiger partial charge in [-0.1, -0.05) is 54.1 Å². The molecule has 4 heteroatoms. The molecule has 1 aliphatic heterocycles. The van der Waals surface area contributed by atoms with Gasteiger partial charge >= 0.3 is 0 Å². The van der Waals surface area contributed by atoms with E-state index in [1.54, 1.807) is 12.1 Å². The first-order valence-electron chi connectivity index (χ1n) is 6.72. The number of ether oxygens (including phenoxy) is 1. The van der Waals surface area contributed by atoms with Crippen LogP contribution in [-0.4, -0.2) is 5.60 Å². The molecule has 1 aliphatic rings. The summed E-state index contributed by atoms with van der Waals surface area (Å²) in [6, 6.07) is 20.5. The SMILES string of the molecule is N#CC1(C#N)O[C@H](c2ccc(Cl)cc2)C=C1c1ccccc1. The van der Waals surface area contributed by atoms with E-state index in [0.29, 0.717) is 10.6 Å². The van der Waals surface area contributed by atoms with E-state index in [-0.39, 0.29) is 0 Å². The smallest absolute Gasteiger partial charge is 0.268 e. The molecule has 1 atom stereocenters. The summed E-state index contributed by atoms with van der Waals surface area (Å²) in [5, 5.41) is 19.6. The number of halogens is 1. The minimum Gasteiger partial charge on any atom is -0.332 e. The van der Waals surface area contributed by atoms with Crippen molar-refractivity contribution in [2.75, 3.05) is 0 Å². The van der Waals surface area contributed by atoms with Crippen molar-refractivity contribution in [3.63, 3.8) is 0 Å². The van der Waals surface area contributed by atoms with Gasteiger partial charge in [0.05, 0.1) is 0 Å². The predicted molar refractivity (Wildman–Crippen MR) is 83.7 cm³/mol. The molecule has 22 heavy (non-hydrogen) atoms. The number of nitrogens with zero attached hydrogens (tertiary/aromatic N) is 2. The minimum absolute atomic E-state index is 0.452. The summed E-state index contributed by atoms with van der Waals surface area (Å²) < 4.78 is 5.78. The minimum atomic E-state index is -1.59. The van der Waals surface area contributed by atoms with E-state index >= 15 is 0 Å². The third-order valence-corrected chi connectivity index (χ3v) is 3.85. The summed E-state index contributed by atoms with van der Waals surface area (Å²) in [5.74, 6) is 0. The number of hydrogen-bond donors (Lipinski definition) is 0. The van der Waals surface area contributed by atoms with Crippen molar-refractivity contribution in [3.8, 4) is 12.1 Å². The molecule has 106 valence electrons. The molecule has 0 saturated carbocycles. The van der Waals surface area contributed by atoms with Crippen molar-refractivity contribution in [3.05, 3.63) is 76.8 Å². The fourth-order valence-electron chi connectivity index (χ4n) is 2.49. The number of nitriles is 2. The fourth-order valence-corrected chi connectivity index (χ4v) is 2.61. The van der Waals surface area contributed by atoms with Gasteiger partial charge in [0.15, 0.2) is 0 Å². The molecule has 0 radical (unpaired) electrons. The van der Waals surface area contributed by atoms with Gasteiger partial charge in [0, 0.05) is 10.6 Å². The Bertz CT molecular complexity index is 784. The van der Waals surface area contributed by atoms with E-state index in [1.807, 2.05) is 60.7 Å². The molecule has 0 amide bonds. The molecule has 3 nitrogen and oxygen atoms in total. The molecule has 2 aromatic rings. The lowest BCUT2D eigenvalue weighted by molar-refractivity contribution is 0.0527. The average molecular weight is 307 g/mol. The lowest BCUT2D eigenvalue weighted by atomic mass is 9.91. The van der Waals surface area contributed by atoms with Crippen LogP contribution < -0.4 is 0 Å². The van der Waals surface area contributed by atoms with Crippen LogP contribution in [0.1, 0.15) is 17.2 Å². The zero-order valence-corrected chi connectivity index (χ0v) is 12.3. The van der Waals surface area contributed by atoms with Crippen molar-refractivity contribution in [1.29, 1.82) is 10.5 Å². The van der Waals surface area contributed by atoms with Crippen molar-refractivity contribution in [2.24, 2.45) is 0 Å². The van der Waals surface area contributed by atoms with Crippen molar-refractivity contribution in [1.82, 2.24) is 0 Å². The second-order valence-corrected chi connectivity index (χ2v) is 5.38. The van der Waals surface area contributed by atoms with Gasteiger partial charge in [0.25, 0.3) is 5.60 Å². The van der Waals surface area contributed by atoms with E-state index in [0.717, 1.165) is 11.1 Å². The van der Waals surface area contributed by atoms with E-state index in [1.165, 1.54) is 0 Å². The molecule has 0 N–H and O–H groups in total. The lowest BCUT2D eigenvalue weighted by Crippen LogP contribution is -2.26. The molecule has 3 rings (SSSR count). The van der Waals surface area contributed by atoms with Crippen LogP contribution in [0.3, 0.4) is 0 Å². The summed E-state index contributed by atoms with van der Waals surface area (Å²) in [7, 11) is 0. The van der Waals surface area contributed by atoms with Gasteiger partial charge in [-0.3, -0.25) is 0 Å². The maximum absolute atomic E-state index is 9.50. The molecule has 0 bridgehead atoms. The van der Waals surface area contributed by atoms with Crippen LogP contribution in [-0.2, 0) is 4.74 Å². The first kappa shape index (κ1) is 14.4. The highest BCUT2D eigenvalue weighted by Crippen LogP contribution is 2.43. The molecule has 0 aliphatic carbocycles. The molecular formula is C18H11ClN2O.